The first-order valence-electron chi connectivity index (χ1n) is 10.7. The maximum Gasteiger partial charge on any atom is 0.417 e. The van der Waals surface area contributed by atoms with Crippen molar-refractivity contribution in [3.05, 3.63) is 36.0 Å². The molecular weight excluding hydrogens is 530 g/mol. The van der Waals surface area contributed by atoms with Gasteiger partial charge >= 0.3 is 12.4 Å². The van der Waals surface area contributed by atoms with Crippen LogP contribution in [0.1, 0.15) is 31.2 Å². The second-order valence-corrected chi connectivity index (χ2v) is 10.8. The minimum Gasteiger partial charge on any atom is -0.338 e. The van der Waals surface area contributed by atoms with Gasteiger partial charge in [0.2, 0.25) is 11.7 Å². The first-order chi connectivity index (χ1) is 17.2. The van der Waals surface area contributed by atoms with Crippen LogP contribution in [-0.4, -0.2) is 50.0 Å². The normalized spacial score (nSPS) is 15.9. The van der Waals surface area contributed by atoms with Crippen molar-refractivity contribution in [1.82, 2.24) is 29.7 Å². The number of pyridine rings is 2. The van der Waals surface area contributed by atoms with Crippen LogP contribution in [0, 0.1) is 0 Å². The molecule has 0 bridgehead atoms. The molecule has 4 aromatic heterocycles. The Morgan fingerprint density at radius 1 is 1.05 bits per heavy atom. The molecule has 0 amide bonds. The average molecular weight is 546 g/mol. The van der Waals surface area contributed by atoms with Gasteiger partial charge in [0.05, 0.1) is 16.2 Å². The molecule has 16 heteroatoms. The van der Waals surface area contributed by atoms with E-state index >= 15 is 0 Å². The lowest BCUT2D eigenvalue weighted by Gasteiger charge is -2.13. The largest absolute Gasteiger partial charge is 0.417 e. The zero-order chi connectivity index (χ0) is 27.0. The second-order valence-electron chi connectivity index (χ2n) is 8.54. The summed E-state index contributed by atoms with van der Waals surface area (Å²) in [4.78, 5) is 15.6. The van der Waals surface area contributed by atoms with E-state index in [-0.39, 0.29) is 57.6 Å². The van der Waals surface area contributed by atoms with Crippen LogP contribution >= 0.6 is 0 Å². The zero-order valence-electron chi connectivity index (χ0n) is 19.0. The van der Waals surface area contributed by atoms with Crippen LogP contribution in [-0.2, 0) is 28.5 Å². The highest BCUT2D eigenvalue weighted by molar-refractivity contribution is 7.91. The van der Waals surface area contributed by atoms with E-state index in [9.17, 15) is 34.8 Å². The Kier molecular flexibility index (Phi) is 5.41. The van der Waals surface area contributed by atoms with Gasteiger partial charge in [0, 0.05) is 25.0 Å². The van der Waals surface area contributed by atoms with Crippen LogP contribution in [0.3, 0.4) is 0 Å². The van der Waals surface area contributed by atoms with E-state index in [1.54, 1.807) is 0 Å². The molecule has 0 N–H and O–H groups in total. The van der Waals surface area contributed by atoms with Crippen molar-refractivity contribution in [3.8, 4) is 22.9 Å². The number of hydrogen-bond acceptors (Lipinski definition) is 8. The second kappa shape index (κ2) is 7.97. The molecule has 196 valence electrons. The van der Waals surface area contributed by atoms with Gasteiger partial charge < -0.3 is 9.09 Å². The number of aryl methyl sites for hydroxylation is 1. The SMILES string of the molecule is CCS(=O)(=O)c1cc(-c2noc(C3(C(F)(F)F)CC3)n2)cnc1-c1nc2cc(C(F)(F)F)cnc2n1C. The quantitative estimate of drug-likeness (QED) is 0.336. The summed E-state index contributed by atoms with van der Waals surface area (Å²) in [7, 11) is -2.58. The third kappa shape index (κ3) is 4.02. The van der Waals surface area contributed by atoms with Gasteiger partial charge in [0.25, 0.3) is 0 Å². The molecule has 37 heavy (non-hydrogen) atoms. The van der Waals surface area contributed by atoms with E-state index in [1.807, 2.05) is 0 Å². The zero-order valence-corrected chi connectivity index (χ0v) is 19.8. The molecule has 4 aromatic rings. The lowest BCUT2D eigenvalue weighted by Crippen LogP contribution is -2.28. The highest BCUT2D eigenvalue weighted by atomic mass is 32.2. The molecule has 0 aliphatic heterocycles. The molecule has 1 aliphatic rings. The van der Waals surface area contributed by atoms with E-state index in [1.165, 1.54) is 18.5 Å². The molecule has 9 nitrogen and oxygen atoms in total. The molecule has 4 heterocycles. The van der Waals surface area contributed by atoms with E-state index in [0.29, 0.717) is 6.20 Å². The summed E-state index contributed by atoms with van der Waals surface area (Å²) in [5, 5.41) is 3.58. The molecule has 0 atom stereocenters. The number of sulfone groups is 1. The summed E-state index contributed by atoms with van der Waals surface area (Å²) >= 11 is 0. The Morgan fingerprint density at radius 3 is 2.35 bits per heavy atom. The number of hydrogen-bond donors (Lipinski definition) is 0. The summed E-state index contributed by atoms with van der Waals surface area (Å²) in [5.41, 5.74) is -3.55. The van der Waals surface area contributed by atoms with Crippen molar-refractivity contribution in [2.75, 3.05) is 5.75 Å². The Labute approximate surface area is 204 Å². The molecular formula is C21H16F6N6O3S. The molecule has 0 unspecified atom stereocenters. The maximum absolute atomic E-state index is 13.4. The molecule has 0 spiro atoms. The molecule has 1 aliphatic carbocycles. The average Bonchev–Trinajstić information content (AvgIpc) is 3.40. The predicted octanol–water partition coefficient (Wildman–Crippen LogP) is 4.49. The van der Waals surface area contributed by atoms with Gasteiger partial charge in [0.1, 0.15) is 16.6 Å². The first kappa shape index (κ1) is 25.1. The van der Waals surface area contributed by atoms with Crippen LogP contribution in [0.2, 0.25) is 0 Å². The van der Waals surface area contributed by atoms with Crippen LogP contribution in [0.4, 0.5) is 26.3 Å². The van der Waals surface area contributed by atoms with Gasteiger partial charge in [-0.05, 0) is 25.0 Å². The number of rotatable bonds is 5. The Hall–Kier alpha value is -3.56. The molecule has 5 rings (SSSR count). The molecule has 0 radical (unpaired) electrons. The third-order valence-electron chi connectivity index (χ3n) is 6.20. The van der Waals surface area contributed by atoms with Crippen molar-refractivity contribution in [2.24, 2.45) is 7.05 Å². The fourth-order valence-electron chi connectivity index (χ4n) is 3.85. The Bertz CT molecular complexity index is 1640. The molecule has 0 aromatic carbocycles. The predicted molar refractivity (Wildman–Crippen MR) is 115 cm³/mol. The summed E-state index contributed by atoms with van der Waals surface area (Å²) < 4.78 is 112. The summed E-state index contributed by atoms with van der Waals surface area (Å²) in [5.74, 6) is -1.37. The van der Waals surface area contributed by atoms with E-state index in [0.717, 1.165) is 18.3 Å². The maximum atomic E-state index is 13.4. The smallest absolute Gasteiger partial charge is 0.338 e. The number of nitrogens with zero attached hydrogens (tertiary/aromatic N) is 6. The number of fused-ring (bicyclic) bond motifs is 1. The highest BCUT2D eigenvalue weighted by Gasteiger charge is 2.68. The Morgan fingerprint density at radius 2 is 1.76 bits per heavy atom. The summed E-state index contributed by atoms with van der Waals surface area (Å²) in [6, 6.07) is 1.90. The van der Waals surface area contributed by atoms with Crippen LogP contribution in [0.5, 0.6) is 0 Å². The van der Waals surface area contributed by atoms with E-state index in [4.69, 9.17) is 4.52 Å². The van der Waals surface area contributed by atoms with Crippen molar-refractivity contribution in [3.63, 3.8) is 0 Å². The first-order valence-corrected chi connectivity index (χ1v) is 12.4. The van der Waals surface area contributed by atoms with Gasteiger partial charge in [-0.25, -0.2) is 18.4 Å². The minimum atomic E-state index is -4.66. The van der Waals surface area contributed by atoms with Gasteiger partial charge in [-0.1, -0.05) is 12.1 Å². The third-order valence-corrected chi connectivity index (χ3v) is 7.94. The number of alkyl halides is 6. The van der Waals surface area contributed by atoms with E-state index < -0.39 is 39.1 Å². The fourth-order valence-corrected chi connectivity index (χ4v) is 4.91. The number of imidazole rings is 1. The van der Waals surface area contributed by atoms with Crippen molar-refractivity contribution in [1.29, 1.82) is 0 Å². The molecule has 1 saturated carbocycles. The number of halogens is 6. The van der Waals surface area contributed by atoms with Crippen molar-refractivity contribution < 1.29 is 39.3 Å². The summed E-state index contributed by atoms with van der Waals surface area (Å²) in [6.45, 7) is 1.37. The van der Waals surface area contributed by atoms with Crippen LogP contribution in [0.25, 0.3) is 34.1 Å². The Balaban J connectivity index is 1.63. The standard InChI is InChI=1S/C21H16F6N6O3S/c1-3-37(34,35)13-6-10(15-31-18(36-32-15)19(4-5-19)21(25,26)27)8-28-14(13)17-30-12-7-11(20(22,23)24)9-29-16(12)33(17)2/h6-9H,3-5H2,1-2H3. The lowest BCUT2D eigenvalue weighted by atomic mass is 10.1. The topological polar surface area (TPSA) is 117 Å². The summed E-state index contributed by atoms with van der Waals surface area (Å²) in [6.07, 6.45) is -7.90. The van der Waals surface area contributed by atoms with Gasteiger partial charge in [-0.3, -0.25) is 4.98 Å². The van der Waals surface area contributed by atoms with E-state index in [2.05, 4.69) is 25.1 Å². The lowest BCUT2D eigenvalue weighted by molar-refractivity contribution is -0.166. The van der Waals surface area contributed by atoms with Gasteiger partial charge in [0.15, 0.2) is 21.3 Å². The van der Waals surface area contributed by atoms with Gasteiger partial charge in [-0.2, -0.15) is 31.3 Å². The number of aromatic nitrogens is 6. The molecule has 0 saturated heterocycles. The van der Waals surface area contributed by atoms with Gasteiger partial charge in [-0.15, -0.1) is 0 Å². The monoisotopic (exact) mass is 546 g/mol. The van der Waals surface area contributed by atoms with Crippen LogP contribution < -0.4 is 0 Å². The molecule has 1 fully saturated rings. The van der Waals surface area contributed by atoms with Crippen molar-refractivity contribution in [2.45, 2.75) is 42.4 Å². The van der Waals surface area contributed by atoms with Crippen LogP contribution in [0.15, 0.2) is 33.9 Å². The highest BCUT2D eigenvalue weighted by Crippen LogP contribution is 2.58. The van der Waals surface area contributed by atoms with Crippen molar-refractivity contribution >= 4 is 21.0 Å². The fraction of sp³-hybridized carbons (Fsp3) is 0.381. The minimum absolute atomic E-state index is 0.0278.